The van der Waals surface area contributed by atoms with Crippen LogP contribution < -0.4 is 4.74 Å². The summed E-state index contributed by atoms with van der Waals surface area (Å²) in [5, 5.41) is 0. The van der Waals surface area contributed by atoms with Gasteiger partial charge in [-0.25, -0.2) is 9.18 Å². The predicted octanol–water partition coefficient (Wildman–Crippen LogP) is 3.45. The van der Waals surface area contributed by atoms with E-state index in [9.17, 15) is 9.18 Å². The fourth-order valence-electron chi connectivity index (χ4n) is 2.07. The zero-order chi connectivity index (χ0) is 14.4. The highest BCUT2D eigenvalue weighted by Crippen LogP contribution is 2.27. The Labute approximate surface area is 116 Å². The molecule has 0 bridgehead atoms. The van der Waals surface area contributed by atoms with Gasteiger partial charge in [0.25, 0.3) is 0 Å². The minimum Gasteiger partial charge on any atom is -0.496 e. The number of rotatable bonds is 5. The van der Waals surface area contributed by atoms with Crippen LogP contribution >= 0.6 is 0 Å². The number of methoxy groups -OCH3 is 1. The normalized spacial score (nSPS) is 11.5. The van der Waals surface area contributed by atoms with Gasteiger partial charge in [0.15, 0.2) is 0 Å². The van der Waals surface area contributed by atoms with Crippen molar-refractivity contribution in [3.8, 4) is 5.75 Å². The van der Waals surface area contributed by atoms with Crippen molar-refractivity contribution in [2.45, 2.75) is 12.5 Å². The van der Waals surface area contributed by atoms with Crippen molar-refractivity contribution in [1.29, 1.82) is 0 Å². The Morgan fingerprint density at radius 3 is 2.55 bits per heavy atom. The maximum atomic E-state index is 13.0. The fraction of sp³-hybridized carbons (Fsp3) is 0.188. The lowest BCUT2D eigenvalue weighted by molar-refractivity contribution is 0.408. The van der Waals surface area contributed by atoms with Gasteiger partial charge in [-0.05, 0) is 29.3 Å². The van der Waals surface area contributed by atoms with E-state index in [4.69, 9.17) is 4.74 Å². The molecule has 0 saturated heterocycles. The number of isocyanates is 1. The first-order valence-electron chi connectivity index (χ1n) is 6.19. The number of nitrogens with zero attached hydrogens (tertiary/aromatic N) is 1. The van der Waals surface area contributed by atoms with E-state index in [0.29, 0.717) is 6.42 Å². The van der Waals surface area contributed by atoms with Crippen LogP contribution in [-0.2, 0) is 11.2 Å². The molecule has 1 atom stereocenters. The first-order valence-corrected chi connectivity index (χ1v) is 6.19. The molecule has 0 aliphatic rings. The quantitative estimate of drug-likeness (QED) is 0.617. The number of hydrogen-bond acceptors (Lipinski definition) is 3. The summed E-state index contributed by atoms with van der Waals surface area (Å²) >= 11 is 0. The molecular formula is C16H14FNO2. The van der Waals surface area contributed by atoms with Gasteiger partial charge >= 0.3 is 0 Å². The van der Waals surface area contributed by atoms with Crippen LogP contribution in [0.4, 0.5) is 4.39 Å². The predicted molar refractivity (Wildman–Crippen MR) is 74.0 cm³/mol. The van der Waals surface area contributed by atoms with Crippen molar-refractivity contribution in [3.05, 3.63) is 65.5 Å². The van der Waals surface area contributed by atoms with Crippen LogP contribution in [0.5, 0.6) is 5.75 Å². The summed E-state index contributed by atoms with van der Waals surface area (Å²) in [4.78, 5) is 14.4. The number of para-hydroxylation sites is 1. The van der Waals surface area contributed by atoms with E-state index in [1.54, 1.807) is 25.3 Å². The molecule has 0 amide bonds. The van der Waals surface area contributed by atoms with Crippen LogP contribution in [0.3, 0.4) is 0 Å². The summed E-state index contributed by atoms with van der Waals surface area (Å²) in [6.45, 7) is 0. The third-order valence-corrected chi connectivity index (χ3v) is 3.07. The van der Waals surface area contributed by atoms with Gasteiger partial charge < -0.3 is 4.74 Å². The molecule has 4 heteroatoms. The molecule has 20 heavy (non-hydrogen) atoms. The van der Waals surface area contributed by atoms with Gasteiger partial charge in [-0.1, -0.05) is 30.3 Å². The molecule has 102 valence electrons. The van der Waals surface area contributed by atoms with Crippen LogP contribution in [0, 0.1) is 5.82 Å². The summed E-state index contributed by atoms with van der Waals surface area (Å²) in [5.74, 6) is 0.417. The molecule has 0 radical (unpaired) electrons. The average molecular weight is 271 g/mol. The second kappa shape index (κ2) is 6.64. The Kier molecular flexibility index (Phi) is 4.64. The van der Waals surface area contributed by atoms with Crippen LogP contribution in [0.2, 0.25) is 0 Å². The second-order valence-electron chi connectivity index (χ2n) is 4.30. The Balaban J connectivity index is 2.30. The third-order valence-electron chi connectivity index (χ3n) is 3.07. The van der Waals surface area contributed by atoms with E-state index in [2.05, 4.69) is 4.99 Å². The number of benzene rings is 2. The molecule has 2 rings (SSSR count). The fourth-order valence-corrected chi connectivity index (χ4v) is 2.07. The van der Waals surface area contributed by atoms with Crippen molar-refractivity contribution in [2.24, 2.45) is 4.99 Å². The monoisotopic (exact) mass is 271 g/mol. The van der Waals surface area contributed by atoms with Crippen molar-refractivity contribution in [1.82, 2.24) is 0 Å². The number of halogens is 1. The minimum absolute atomic E-state index is 0.320. The van der Waals surface area contributed by atoms with Gasteiger partial charge in [-0.2, -0.15) is 4.99 Å². The van der Waals surface area contributed by atoms with E-state index in [1.807, 2.05) is 24.3 Å². The molecule has 0 aliphatic heterocycles. The largest absolute Gasteiger partial charge is 0.496 e. The summed E-state index contributed by atoms with van der Waals surface area (Å²) in [6.07, 6.45) is 2.07. The third kappa shape index (κ3) is 3.31. The lowest BCUT2D eigenvalue weighted by Gasteiger charge is -2.13. The SMILES string of the molecule is COc1ccccc1CC(N=C=O)c1ccc(F)cc1. The van der Waals surface area contributed by atoms with Crippen molar-refractivity contribution >= 4 is 6.08 Å². The van der Waals surface area contributed by atoms with Crippen LogP contribution in [0.15, 0.2) is 53.5 Å². The highest BCUT2D eigenvalue weighted by molar-refractivity contribution is 5.39. The molecule has 0 saturated carbocycles. The summed E-state index contributed by atoms with van der Waals surface area (Å²) < 4.78 is 18.2. The number of ether oxygens (including phenoxy) is 1. The maximum Gasteiger partial charge on any atom is 0.235 e. The Morgan fingerprint density at radius 1 is 1.20 bits per heavy atom. The molecule has 0 fully saturated rings. The standard InChI is InChI=1S/C16H14FNO2/c1-20-16-5-3-2-4-13(16)10-15(18-11-19)12-6-8-14(17)9-7-12/h2-9,15H,10H2,1H3. The smallest absolute Gasteiger partial charge is 0.235 e. The van der Waals surface area contributed by atoms with E-state index < -0.39 is 6.04 Å². The Hall–Kier alpha value is -2.45. The topological polar surface area (TPSA) is 38.7 Å². The maximum absolute atomic E-state index is 13.0. The van der Waals surface area contributed by atoms with Gasteiger partial charge in [0.2, 0.25) is 6.08 Å². The zero-order valence-electron chi connectivity index (χ0n) is 11.0. The summed E-state index contributed by atoms with van der Waals surface area (Å²) in [6, 6.07) is 13.1. The van der Waals surface area contributed by atoms with E-state index >= 15 is 0 Å². The number of aliphatic imine (C=N–C) groups is 1. The van der Waals surface area contributed by atoms with Gasteiger partial charge in [0.1, 0.15) is 11.6 Å². The van der Waals surface area contributed by atoms with Gasteiger partial charge in [0.05, 0.1) is 13.2 Å². The molecule has 0 N–H and O–H groups in total. The minimum atomic E-state index is -0.399. The molecule has 0 aliphatic carbocycles. The molecular weight excluding hydrogens is 257 g/mol. The molecule has 0 aromatic heterocycles. The zero-order valence-corrected chi connectivity index (χ0v) is 11.0. The van der Waals surface area contributed by atoms with Crippen molar-refractivity contribution in [2.75, 3.05) is 7.11 Å². The van der Waals surface area contributed by atoms with Crippen molar-refractivity contribution in [3.63, 3.8) is 0 Å². The molecule has 1 unspecified atom stereocenters. The first kappa shape index (κ1) is 14.0. The molecule has 0 heterocycles. The lowest BCUT2D eigenvalue weighted by Crippen LogP contribution is -2.02. The molecule has 2 aromatic rings. The van der Waals surface area contributed by atoms with Crippen LogP contribution in [0.25, 0.3) is 0 Å². The number of hydrogen-bond donors (Lipinski definition) is 0. The van der Waals surface area contributed by atoms with Gasteiger partial charge in [-0.15, -0.1) is 0 Å². The van der Waals surface area contributed by atoms with Gasteiger partial charge in [0, 0.05) is 6.42 Å². The Morgan fingerprint density at radius 2 is 1.90 bits per heavy atom. The van der Waals surface area contributed by atoms with Crippen LogP contribution in [-0.4, -0.2) is 13.2 Å². The first-order chi connectivity index (χ1) is 9.74. The molecule has 0 spiro atoms. The number of carbonyl (C=O) groups excluding carboxylic acids is 1. The van der Waals surface area contributed by atoms with Crippen LogP contribution in [0.1, 0.15) is 17.2 Å². The molecule has 2 aromatic carbocycles. The van der Waals surface area contributed by atoms with Gasteiger partial charge in [-0.3, -0.25) is 0 Å². The highest BCUT2D eigenvalue weighted by Gasteiger charge is 2.14. The lowest BCUT2D eigenvalue weighted by atomic mass is 9.99. The van der Waals surface area contributed by atoms with E-state index in [-0.39, 0.29) is 5.82 Å². The Bertz CT molecular complexity index is 619. The van der Waals surface area contributed by atoms with E-state index in [1.165, 1.54) is 12.1 Å². The van der Waals surface area contributed by atoms with Crippen molar-refractivity contribution < 1.29 is 13.9 Å². The summed E-state index contributed by atoms with van der Waals surface area (Å²) in [5.41, 5.74) is 1.70. The molecule has 3 nitrogen and oxygen atoms in total. The average Bonchev–Trinajstić information content (AvgIpc) is 2.48. The summed E-state index contributed by atoms with van der Waals surface area (Å²) in [7, 11) is 1.59. The second-order valence-corrected chi connectivity index (χ2v) is 4.30. The highest BCUT2D eigenvalue weighted by atomic mass is 19.1. The van der Waals surface area contributed by atoms with E-state index in [0.717, 1.165) is 16.9 Å².